The minimum absolute atomic E-state index is 0.271. The summed E-state index contributed by atoms with van der Waals surface area (Å²) in [6.45, 7) is 9.55. The summed E-state index contributed by atoms with van der Waals surface area (Å²) in [7, 11) is 0. The molecular weight excluding hydrogens is 378 g/mol. The molecule has 162 valence electrons. The van der Waals surface area contributed by atoms with Crippen LogP contribution in [0.4, 0.5) is 4.79 Å². The number of benzene rings is 1. The average molecular weight is 412 g/mol. The topological polar surface area (TPSA) is 79.8 Å². The van der Waals surface area contributed by atoms with Crippen LogP contribution >= 0.6 is 0 Å². The quantitative estimate of drug-likeness (QED) is 0.451. The molecule has 6 nitrogen and oxygen atoms in total. The van der Waals surface area contributed by atoms with Crippen LogP contribution in [0.2, 0.25) is 0 Å². The highest BCUT2D eigenvalue weighted by Gasteiger charge is 2.22. The maximum absolute atomic E-state index is 12.3. The molecular formula is C24H33N3O3. The Labute approximate surface area is 179 Å². The average Bonchev–Trinajstić information content (AvgIpc) is 2.73. The highest BCUT2D eigenvalue weighted by molar-refractivity contribution is 5.98. The van der Waals surface area contributed by atoms with Crippen LogP contribution in [0.15, 0.2) is 59.1 Å². The summed E-state index contributed by atoms with van der Waals surface area (Å²) in [5, 5.41) is 5.54. The van der Waals surface area contributed by atoms with Gasteiger partial charge in [-0.15, -0.1) is 0 Å². The number of nitrogens with zero attached hydrogens (tertiary/aromatic N) is 1. The Hall–Kier alpha value is -2.89. The predicted octanol–water partition coefficient (Wildman–Crippen LogP) is 3.98. The first-order valence-electron chi connectivity index (χ1n) is 10.6. The molecule has 0 saturated heterocycles. The van der Waals surface area contributed by atoms with Gasteiger partial charge in [-0.3, -0.25) is 4.99 Å². The van der Waals surface area contributed by atoms with Crippen molar-refractivity contribution < 1.29 is 14.3 Å². The lowest BCUT2D eigenvalue weighted by atomic mass is 9.99. The number of amides is 2. The number of hydrogen-bond donors (Lipinski definition) is 2. The fraction of sp³-hybridized carbons (Fsp3) is 0.458. The van der Waals surface area contributed by atoms with Crippen molar-refractivity contribution in [2.75, 3.05) is 19.7 Å². The van der Waals surface area contributed by atoms with E-state index in [-0.39, 0.29) is 12.6 Å². The summed E-state index contributed by atoms with van der Waals surface area (Å²) in [6.07, 6.45) is 6.20. The van der Waals surface area contributed by atoms with Crippen LogP contribution in [0.1, 0.15) is 45.1 Å². The van der Waals surface area contributed by atoms with Crippen molar-refractivity contribution in [1.29, 1.82) is 0 Å². The Bertz CT molecular complexity index is 784. The van der Waals surface area contributed by atoms with Gasteiger partial charge in [0.1, 0.15) is 6.04 Å². The van der Waals surface area contributed by atoms with E-state index in [0.717, 1.165) is 42.7 Å². The highest BCUT2D eigenvalue weighted by Crippen LogP contribution is 2.16. The van der Waals surface area contributed by atoms with Gasteiger partial charge in [0.2, 0.25) is 0 Å². The van der Waals surface area contributed by atoms with Crippen LogP contribution in [0.5, 0.6) is 0 Å². The molecule has 1 aliphatic rings. The first-order chi connectivity index (χ1) is 14.5. The fourth-order valence-electron chi connectivity index (χ4n) is 3.27. The molecule has 1 unspecified atom stereocenters. The summed E-state index contributed by atoms with van der Waals surface area (Å²) in [5.41, 5.74) is 4.42. The Morgan fingerprint density at radius 3 is 2.77 bits per heavy atom. The van der Waals surface area contributed by atoms with Crippen molar-refractivity contribution in [3.63, 3.8) is 0 Å². The predicted molar refractivity (Wildman–Crippen MR) is 121 cm³/mol. The van der Waals surface area contributed by atoms with E-state index in [9.17, 15) is 9.59 Å². The molecule has 1 heterocycles. The second kappa shape index (κ2) is 12.6. The van der Waals surface area contributed by atoms with Gasteiger partial charge in [0.05, 0.1) is 6.61 Å². The molecule has 2 N–H and O–H groups in total. The first-order valence-corrected chi connectivity index (χ1v) is 10.6. The number of aliphatic imine (C=N–C) groups is 1. The zero-order chi connectivity index (χ0) is 21.8. The third kappa shape index (κ3) is 8.23. The molecule has 1 atom stereocenters. The van der Waals surface area contributed by atoms with Crippen molar-refractivity contribution in [1.82, 2.24) is 10.6 Å². The van der Waals surface area contributed by atoms with Gasteiger partial charge in [-0.25, -0.2) is 9.59 Å². The number of carbonyl (C=O) groups is 2. The molecule has 30 heavy (non-hydrogen) atoms. The normalized spacial score (nSPS) is 15.8. The van der Waals surface area contributed by atoms with Crippen molar-refractivity contribution in [3.05, 3.63) is 59.7 Å². The van der Waals surface area contributed by atoms with E-state index in [2.05, 4.69) is 35.2 Å². The number of urea groups is 1. The van der Waals surface area contributed by atoms with Gasteiger partial charge in [0.25, 0.3) is 0 Å². The summed E-state index contributed by atoms with van der Waals surface area (Å²) >= 11 is 0. The number of esters is 1. The fourth-order valence-corrected chi connectivity index (χ4v) is 3.27. The molecule has 0 aliphatic carbocycles. The van der Waals surface area contributed by atoms with Gasteiger partial charge in [0.15, 0.2) is 0 Å². The van der Waals surface area contributed by atoms with Crippen molar-refractivity contribution in [3.8, 4) is 0 Å². The maximum Gasteiger partial charge on any atom is 0.329 e. The number of hydrogen-bond acceptors (Lipinski definition) is 4. The Kier molecular flexibility index (Phi) is 9.84. The van der Waals surface area contributed by atoms with Gasteiger partial charge in [-0.1, -0.05) is 48.6 Å². The van der Waals surface area contributed by atoms with Crippen LogP contribution in [0.3, 0.4) is 0 Å². The van der Waals surface area contributed by atoms with Gasteiger partial charge in [-0.2, -0.15) is 0 Å². The number of ether oxygens (including phenoxy) is 1. The number of nitrogens with one attached hydrogen (secondary N) is 2. The smallest absolute Gasteiger partial charge is 0.329 e. The second-order valence-corrected chi connectivity index (χ2v) is 7.40. The van der Waals surface area contributed by atoms with Crippen LogP contribution in [-0.4, -0.2) is 43.5 Å². The first kappa shape index (κ1) is 23.4. The van der Waals surface area contributed by atoms with Crippen LogP contribution < -0.4 is 10.6 Å². The Morgan fingerprint density at radius 1 is 1.30 bits per heavy atom. The number of carbonyl (C=O) groups excluding carboxylic acids is 2. The van der Waals surface area contributed by atoms with E-state index >= 15 is 0 Å². The molecule has 0 spiro atoms. The van der Waals surface area contributed by atoms with E-state index in [1.54, 1.807) is 6.92 Å². The molecule has 0 radical (unpaired) electrons. The van der Waals surface area contributed by atoms with Gasteiger partial charge >= 0.3 is 12.0 Å². The molecule has 2 rings (SSSR count). The van der Waals surface area contributed by atoms with Crippen LogP contribution in [0, 0.1) is 0 Å². The largest absolute Gasteiger partial charge is 0.464 e. The summed E-state index contributed by atoms with van der Waals surface area (Å²) in [6, 6.07) is 8.44. The molecule has 0 saturated carbocycles. The molecule has 1 aliphatic heterocycles. The molecule has 1 aromatic carbocycles. The Morgan fingerprint density at radius 2 is 2.07 bits per heavy atom. The molecule has 0 fully saturated rings. The third-order valence-electron chi connectivity index (χ3n) is 4.98. The highest BCUT2D eigenvalue weighted by atomic mass is 16.5. The second-order valence-electron chi connectivity index (χ2n) is 7.40. The maximum atomic E-state index is 12.3. The third-order valence-corrected chi connectivity index (χ3v) is 4.98. The number of rotatable bonds is 10. The van der Waals surface area contributed by atoms with E-state index in [0.29, 0.717) is 19.4 Å². The summed E-state index contributed by atoms with van der Waals surface area (Å²) in [5.74, 6) is -0.433. The standard InChI is InChI=1S/C24H33N3O3/c1-4-30-23(28)22(17-20-9-6-5-7-10-20)27-24(29)26-16-14-18(2)12-13-21-11-8-15-25-19(21)3/h5-7,9-10,13,22H,2,4,8,11-12,14-17H2,1,3H3,(H2,26,27,29)/b21-13-. The molecule has 1 aromatic rings. The summed E-state index contributed by atoms with van der Waals surface area (Å²) < 4.78 is 5.11. The van der Waals surface area contributed by atoms with E-state index < -0.39 is 12.0 Å². The van der Waals surface area contributed by atoms with E-state index in [4.69, 9.17) is 4.74 Å². The van der Waals surface area contributed by atoms with Crippen LogP contribution in [-0.2, 0) is 16.0 Å². The van der Waals surface area contributed by atoms with E-state index in [1.165, 1.54) is 5.57 Å². The SMILES string of the molecule is C=C(C/C=C1/CCCN=C1C)CCNC(=O)NC(Cc1ccccc1)C(=O)OCC. The van der Waals surface area contributed by atoms with Gasteiger partial charge in [-0.05, 0) is 50.7 Å². The molecule has 6 heteroatoms. The van der Waals surface area contributed by atoms with Crippen molar-refractivity contribution in [2.24, 2.45) is 4.99 Å². The lowest BCUT2D eigenvalue weighted by Crippen LogP contribution is -2.48. The number of allylic oxidation sites excluding steroid dienone is 2. The zero-order valence-electron chi connectivity index (χ0n) is 18.1. The van der Waals surface area contributed by atoms with Gasteiger partial charge in [0, 0.05) is 25.2 Å². The minimum Gasteiger partial charge on any atom is -0.464 e. The molecule has 0 bridgehead atoms. The lowest BCUT2D eigenvalue weighted by molar-refractivity contribution is -0.145. The zero-order valence-corrected chi connectivity index (χ0v) is 18.1. The molecule has 2 amide bonds. The Balaban J connectivity index is 1.78. The molecule has 0 aromatic heterocycles. The lowest BCUT2D eigenvalue weighted by Gasteiger charge is -2.18. The minimum atomic E-state index is -0.728. The monoisotopic (exact) mass is 411 g/mol. The summed E-state index contributed by atoms with van der Waals surface area (Å²) in [4.78, 5) is 29.0. The van der Waals surface area contributed by atoms with Gasteiger partial charge < -0.3 is 15.4 Å². The van der Waals surface area contributed by atoms with Crippen molar-refractivity contribution in [2.45, 2.75) is 52.0 Å². The van der Waals surface area contributed by atoms with Crippen LogP contribution in [0.25, 0.3) is 0 Å². The van der Waals surface area contributed by atoms with E-state index in [1.807, 2.05) is 30.3 Å². The van der Waals surface area contributed by atoms with Crippen molar-refractivity contribution >= 4 is 17.7 Å².